The van der Waals surface area contributed by atoms with Crippen LogP contribution in [0.15, 0.2) is 42.7 Å². The first-order valence-corrected chi connectivity index (χ1v) is 6.89. The van der Waals surface area contributed by atoms with Crippen LogP contribution in [0.1, 0.15) is 44.1 Å². The van der Waals surface area contributed by atoms with Crippen LogP contribution in [0.5, 0.6) is 0 Å². The van der Waals surface area contributed by atoms with Gasteiger partial charge in [-0.2, -0.15) is 0 Å². The van der Waals surface area contributed by atoms with Gasteiger partial charge in [-0.3, -0.25) is 0 Å². The minimum Gasteiger partial charge on any atom is -0.464 e. The Morgan fingerprint density at radius 2 is 2.00 bits per heavy atom. The highest BCUT2D eigenvalue weighted by atomic mass is 16.5. The molecule has 0 bridgehead atoms. The molecule has 4 heteroatoms. The number of nitrogens with zero attached hydrogens (tertiary/aromatic N) is 2. The lowest BCUT2D eigenvalue weighted by atomic mass is 10.1. The van der Waals surface area contributed by atoms with Crippen LogP contribution in [-0.4, -0.2) is 22.1 Å². The molecule has 1 atom stereocenters. The van der Waals surface area contributed by atoms with Crippen molar-refractivity contribution in [2.75, 3.05) is 6.61 Å². The Balaban J connectivity index is 2.46. The molecule has 0 fully saturated rings. The summed E-state index contributed by atoms with van der Waals surface area (Å²) in [5.41, 5.74) is 0.908. The van der Waals surface area contributed by atoms with E-state index in [4.69, 9.17) is 4.74 Å². The van der Waals surface area contributed by atoms with Gasteiger partial charge in [0.25, 0.3) is 0 Å². The second kappa shape index (κ2) is 6.37. The van der Waals surface area contributed by atoms with Gasteiger partial charge in [0.15, 0.2) is 6.04 Å². The molecule has 1 heterocycles. The average Bonchev–Trinajstić information content (AvgIpc) is 2.90. The fourth-order valence-corrected chi connectivity index (χ4v) is 2.26. The van der Waals surface area contributed by atoms with E-state index in [0.717, 1.165) is 11.4 Å². The lowest BCUT2D eigenvalue weighted by Crippen LogP contribution is -2.24. The predicted molar refractivity (Wildman–Crippen MR) is 77.5 cm³/mol. The fraction of sp³-hybridized carbons (Fsp3) is 0.375. The van der Waals surface area contributed by atoms with Gasteiger partial charge in [0.1, 0.15) is 5.82 Å². The molecule has 0 aliphatic carbocycles. The minimum absolute atomic E-state index is 0.241. The third-order valence-corrected chi connectivity index (χ3v) is 3.12. The normalized spacial score (nSPS) is 12.4. The van der Waals surface area contributed by atoms with Crippen molar-refractivity contribution in [2.45, 2.75) is 32.7 Å². The van der Waals surface area contributed by atoms with Crippen molar-refractivity contribution < 1.29 is 9.53 Å². The highest BCUT2D eigenvalue weighted by molar-refractivity contribution is 5.78. The molecule has 1 aromatic heterocycles. The van der Waals surface area contributed by atoms with E-state index in [1.165, 1.54) is 0 Å². The molecule has 4 nitrogen and oxygen atoms in total. The molecule has 106 valence electrons. The molecule has 1 unspecified atom stereocenters. The Labute approximate surface area is 119 Å². The van der Waals surface area contributed by atoms with Gasteiger partial charge in [-0.1, -0.05) is 44.2 Å². The summed E-state index contributed by atoms with van der Waals surface area (Å²) < 4.78 is 7.13. The van der Waals surface area contributed by atoms with E-state index < -0.39 is 6.04 Å². The number of aromatic nitrogens is 2. The van der Waals surface area contributed by atoms with Crippen LogP contribution >= 0.6 is 0 Å². The zero-order valence-electron chi connectivity index (χ0n) is 12.1. The second-order valence-corrected chi connectivity index (χ2v) is 4.91. The lowest BCUT2D eigenvalue weighted by molar-refractivity contribution is -0.145. The van der Waals surface area contributed by atoms with Crippen LogP contribution in [0, 0.1) is 0 Å². The van der Waals surface area contributed by atoms with Crippen LogP contribution in [-0.2, 0) is 9.53 Å². The fourth-order valence-electron chi connectivity index (χ4n) is 2.26. The molecule has 2 aromatic rings. The van der Waals surface area contributed by atoms with E-state index in [9.17, 15) is 4.79 Å². The molecule has 0 spiro atoms. The maximum absolute atomic E-state index is 12.3. The number of rotatable bonds is 5. The first-order valence-electron chi connectivity index (χ1n) is 6.89. The second-order valence-electron chi connectivity index (χ2n) is 4.91. The molecule has 20 heavy (non-hydrogen) atoms. The van der Waals surface area contributed by atoms with Crippen molar-refractivity contribution in [2.24, 2.45) is 0 Å². The van der Waals surface area contributed by atoms with Crippen LogP contribution in [0.4, 0.5) is 0 Å². The topological polar surface area (TPSA) is 44.1 Å². The molecule has 0 saturated carbocycles. The summed E-state index contributed by atoms with van der Waals surface area (Å²) in [7, 11) is 0. The summed E-state index contributed by atoms with van der Waals surface area (Å²) in [4.78, 5) is 16.7. The van der Waals surface area contributed by atoms with Gasteiger partial charge < -0.3 is 9.30 Å². The van der Waals surface area contributed by atoms with Crippen molar-refractivity contribution in [3.63, 3.8) is 0 Å². The summed E-state index contributed by atoms with van der Waals surface area (Å²) in [5, 5.41) is 0. The first kappa shape index (κ1) is 14.3. The van der Waals surface area contributed by atoms with Gasteiger partial charge in [-0.15, -0.1) is 0 Å². The first-order chi connectivity index (χ1) is 9.65. The quantitative estimate of drug-likeness (QED) is 0.785. The number of benzene rings is 1. The Morgan fingerprint density at radius 1 is 1.30 bits per heavy atom. The van der Waals surface area contributed by atoms with E-state index in [-0.39, 0.29) is 11.9 Å². The monoisotopic (exact) mass is 272 g/mol. The third-order valence-electron chi connectivity index (χ3n) is 3.12. The van der Waals surface area contributed by atoms with Gasteiger partial charge in [0, 0.05) is 18.3 Å². The molecule has 0 aliphatic heterocycles. The zero-order chi connectivity index (χ0) is 14.5. The molecule has 1 aromatic carbocycles. The summed E-state index contributed by atoms with van der Waals surface area (Å²) in [6.45, 7) is 6.31. The Morgan fingerprint density at radius 3 is 2.60 bits per heavy atom. The Bertz CT molecular complexity index is 561. The highest BCUT2D eigenvalue weighted by Gasteiger charge is 2.26. The molecule has 0 N–H and O–H groups in total. The average molecular weight is 272 g/mol. The minimum atomic E-state index is -0.476. The zero-order valence-corrected chi connectivity index (χ0v) is 12.1. The molecule has 0 aliphatic rings. The number of carbonyl (C=O) groups excluding carboxylic acids is 1. The SMILES string of the molecule is CCOC(=O)C(c1ccccc1)n1ccnc1C(C)C. The largest absolute Gasteiger partial charge is 0.464 e. The number of carbonyl (C=O) groups is 1. The van der Waals surface area contributed by atoms with E-state index in [1.54, 1.807) is 6.20 Å². The van der Waals surface area contributed by atoms with Gasteiger partial charge in [-0.05, 0) is 12.5 Å². The van der Waals surface area contributed by atoms with Crippen LogP contribution in [0.3, 0.4) is 0 Å². The number of imidazole rings is 1. The number of hydrogen-bond donors (Lipinski definition) is 0. The van der Waals surface area contributed by atoms with Crippen molar-refractivity contribution in [3.8, 4) is 0 Å². The summed E-state index contributed by atoms with van der Waals surface area (Å²) in [6, 6.07) is 9.18. The summed E-state index contributed by atoms with van der Waals surface area (Å²) >= 11 is 0. The predicted octanol–water partition coefficient (Wildman–Crippen LogP) is 3.16. The van der Waals surface area contributed by atoms with Gasteiger partial charge in [0.2, 0.25) is 0 Å². The standard InChI is InChI=1S/C16H20N2O2/c1-4-20-16(19)14(13-8-6-5-7-9-13)18-11-10-17-15(18)12(2)3/h5-12,14H,4H2,1-3H3. The van der Waals surface area contributed by atoms with E-state index in [1.807, 2.05) is 48.0 Å². The molecule has 2 rings (SSSR count). The van der Waals surface area contributed by atoms with Crippen LogP contribution in [0.25, 0.3) is 0 Å². The maximum Gasteiger partial charge on any atom is 0.333 e. The smallest absolute Gasteiger partial charge is 0.333 e. The number of esters is 1. The van der Waals surface area contributed by atoms with Gasteiger partial charge in [-0.25, -0.2) is 9.78 Å². The maximum atomic E-state index is 12.3. The van der Waals surface area contributed by atoms with Gasteiger partial charge in [0.05, 0.1) is 6.61 Å². The highest BCUT2D eigenvalue weighted by Crippen LogP contribution is 2.24. The Kier molecular flexibility index (Phi) is 4.56. The van der Waals surface area contributed by atoms with E-state index in [2.05, 4.69) is 18.8 Å². The van der Waals surface area contributed by atoms with Crippen LogP contribution in [0.2, 0.25) is 0 Å². The molecular weight excluding hydrogens is 252 g/mol. The molecule has 0 saturated heterocycles. The van der Waals surface area contributed by atoms with Gasteiger partial charge >= 0.3 is 5.97 Å². The van der Waals surface area contributed by atoms with E-state index in [0.29, 0.717) is 6.61 Å². The third kappa shape index (κ3) is 2.90. The van der Waals surface area contributed by atoms with Crippen molar-refractivity contribution in [1.29, 1.82) is 0 Å². The number of ether oxygens (including phenoxy) is 1. The molecule has 0 amide bonds. The van der Waals surface area contributed by atoms with E-state index >= 15 is 0 Å². The summed E-state index contributed by atoms with van der Waals surface area (Å²) in [5.74, 6) is 0.871. The number of hydrogen-bond acceptors (Lipinski definition) is 3. The van der Waals surface area contributed by atoms with Crippen LogP contribution < -0.4 is 0 Å². The molecule has 0 radical (unpaired) electrons. The summed E-state index contributed by atoms with van der Waals surface area (Å²) in [6.07, 6.45) is 3.56. The molecular formula is C16H20N2O2. The Hall–Kier alpha value is -2.10. The van der Waals surface area contributed by atoms with Crippen molar-refractivity contribution in [3.05, 3.63) is 54.1 Å². The van der Waals surface area contributed by atoms with Crippen molar-refractivity contribution >= 4 is 5.97 Å². The lowest BCUT2D eigenvalue weighted by Gasteiger charge is -2.21. The van der Waals surface area contributed by atoms with Crippen molar-refractivity contribution in [1.82, 2.24) is 9.55 Å².